The summed E-state index contributed by atoms with van der Waals surface area (Å²) in [6.45, 7) is 5.31. The van der Waals surface area contributed by atoms with E-state index in [0.717, 1.165) is 22.4 Å². The Labute approximate surface area is 187 Å². The van der Waals surface area contributed by atoms with Gasteiger partial charge in [-0.2, -0.15) is 0 Å². The second-order valence-corrected chi connectivity index (χ2v) is 10.2. The van der Waals surface area contributed by atoms with E-state index in [0.29, 0.717) is 11.3 Å². The molecule has 0 saturated carbocycles. The standard InChI is InChI=1S/C24H24N4O3S/c1-24(2,3)28-32(30,31)19-14-10-17(11-15-19)23(29)25-18-12-8-16(9-13-18)22-26-20-6-4-5-7-21(20)27-22/h4-15,28H,1-3H3,(H,25,29)(H,26,27). The van der Waals surface area contributed by atoms with Crippen molar-refractivity contribution in [2.45, 2.75) is 31.2 Å². The summed E-state index contributed by atoms with van der Waals surface area (Å²) >= 11 is 0. The molecule has 4 aromatic rings. The molecule has 0 saturated heterocycles. The number of anilines is 1. The van der Waals surface area contributed by atoms with E-state index < -0.39 is 15.6 Å². The monoisotopic (exact) mass is 448 g/mol. The number of rotatable bonds is 5. The van der Waals surface area contributed by atoms with Gasteiger partial charge in [-0.3, -0.25) is 4.79 Å². The smallest absolute Gasteiger partial charge is 0.255 e. The Morgan fingerprint density at radius 1 is 0.906 bits per heavy atom. The van der Waals surface area contributed by atoms with E-state index in [1.807, 2.05) is 36.4 Å². The molecule has 0 unspecified atom stereocenters. The number of fused-ring (bicyclic) bond motifs is 1. The summed E-state index contributed by atoms with van der Waals surface area (Å²) in [7, 11) is -3.65. The molecule has 3 N–H and O–H groups in total. The van der Waals surface area contributed by atoms with E-state index in [2.05, 4.69) is 20.0 Å². The van der Waals surface area contributed by atoms with Crippen molar-refractivity contribution >= 4 is 32.7 Å². The minimum atomic E-state index is -3.65. The largest absolute Gasteiger partial charge is 0.338 e. The van der Waals surface area contributed by atoms with Gasteiger partial charge in [0, 0.05) is 22.4 Å². The molecule has 1 amide bonds. The normalized spacial score (nSPS) is 12.1. The van der Waals surface area contributed by atoms with Crippen LogP contribution in [0.1, 0.15) is 31.1 Å². The van der Waals surface area contributed by atoms with Crippen LogP contribution in [-0.2, 0) is 10.0 Å². The number of carbonyl (C=O) groups is 1. The van der Waals surface area contributed by atoms with Crippen LogP contribution in [0.2, 0.25) is 0 Å². The first kappa shape index (κ1) is 21.7. The molecule has 0 fully saturated rings. The van der Waals surface area contributed by atoms with Crippen LogP contribution in [-0.4, -0.2) is 29.8 Å². The highest BCUT2D eigenvalue weighted by Gasteiger charge is 2.22. The number of imidazole rings is 1. The van der Waals surface area contributed by atoms with Crippen molar-refractivity contribution in [3.8, 4) is 11.4 Å². The summed E-state index contributed by atoms with van der Waals surface area (Å²) in [5.41, 5.74) is 3.15. The number of aromatic amines is 1. The molecule has 0 radical (unpaired) electrons. The number of sulfonamides is 1. The van der Waals surface area contributed by atoms with Gasteiger partial charge >= 0.3 is 0 Å². The summed E-state index contributed by atoms with van der Waals surface area (Å²) in [6.07, 6.45) is 0. The molecule has 7 nitrogen and oxygen atoms in total. The number of benzene rings is 3. The van der Waals surface area contributed by atoms with Crippen molar-refractivity contribution in [2.24, 2.45) is 0 Å². The summed E-state index contributed by atoms with van der Waals surface area (Å²) in [4.78, 5) is 20.5. The molecule has 0 aliphatic carbocycles. The number of carbonyl (C=O) groups excluding carboxylic acids is 1. The summed E-state index contributed by atoms with van der Waals surface area (Å²) in [5, 5.41) is 2.83. The number of amides is 1. The van der Waals surface area contributed by atoms with Crippen LogP contribution in [0, 0.1) is 0 Å². The molecule has 0 bridgehead atoms. The maximum Gasteiger partial charge on any atom is 0.255 e. The zero-order chi connectivity index (χ0) is 22.9. The van der Waals surface area contributed by atoms with E-state index in [-0.39, 0.29) is 10.8 Å². The fourth-order valence-corrected chi connectivity index (χ4v) is 4.67. The number of hydrogen-bond acceptors (Lipinski definition) is 4. The third-order valence-corrected chi connectivity index (χ3v) is 6.45. The molecule has 0 spiro atoms. The number of nitrogens with one attached hydrogen (secondary N) is 3. The topological polar surface area (TPSA) is 104 Å². The third-order valence-electron chi connectivity index (χ3n) is 4.67. The van der Waals surface area contributed by atoms with Gasteiger partial charge in [-0.25, -0.2) is 18.1 Å². The Balaban J connectivity index is 1.46. The lowest BCUT2D eigenvalue weighted by Crippen LogP contribution is -2.40. The Morgan fingerprint density at radius 3 is 2.19 bits per heavy atom. The van der Waals surface area contributed by atoms with Gasteiger partial charge in [0.1, 0.15) is 5.82 Å². The van der Waals surface area contributed by atoms with Crippen LogP contribution in [0.25, 0.3) is 22.4 Å². The van der Waals surface area contributed by atoms with E-state index in [1.165, 1.54) is 24.3 Å². The van der Waals surface area contributed by atoms with Crippen LogP contribution in [0.4, 0.5) is 5.69 Å². The van der Waals surface area contributed by atoms with Crippen molar-refractivity contribution in [1.29, 1.82) is 0 Å². The lowest BCUT2D eigenvalue weighted by atomic mass is 10.1. The minimum Gasteiger partial charge on any atom is -0.338 e. The van der Waals surface area contributed by atoms with Gasteiger partial charge in [-0.05, 0) is 81.4 Å². The van der Waals surface area contributed by atoms with E-state index in [4.69, 9.17) is 0 Å². The van der Waals surface area contributed by atoms with Crippen molar-refractivity contribution in [3.05, 3.63) is 78.4 Å². The predicted octanol–water partition coefficient (Wildman–Crippen LogP) is 4.56. The maximum absolute atomic E-state index is 12.6. The van der Waals surface area contributed by atoms with Gasteiger partial charge < -0.3 is 10.3 Å². The quantitative estimate of drug-likeness (QED) is 0.416. The maximum atomic E-state index is 12.6. The first-order valence-electron chi connectivity index (χ1n) is 10.1. The first-order valence-corrected chi connectivity index (χ1v) is 11.6. The average Bonchev–Trinajstić information content (AvgIpc) is 3.17. The number of H-pyrrole nitrogens is 1. The van der Waals surface area contributed by atoms with Gasteiger partial charge in [0.2, 0.25) is 10.0 Å². The van der Waals surface area contributed by atoms with Gasteiger partial charge in [-0.15, -0.1) is 0 Å². The van der Waals surface area contributed by atoms with Crippen LogP contribution < -0.4 is 10.0 Å². The Bertz CT molecular complexity index is 1330. The second kappa shape index (κ2) is 8.22. The second-order valence-electron chi connectivity index (χ2n) is 8.51. The number of hydrogen-bond donors (Lipinski definition) is 3. The molecule has 1 aromatic heterocycles. The third kappa shape index (κ3) is 4.87. The molecule has 4 rings (SSSR count). The highest BCUT2D eigenvalue weighted by Crippen LogP contribution is 2.22. The van der Waals surface area contributed by atoms with Crippen molar-refractivity contribution in [1.82, 2.24) is 14.7 Å². The molecule has 0 atom stereocenters. The Morgan fingerprint density at radius 2 is 1.56 bits per heavy atom. The van der Waals surface area contributed by atoms with Gasteiger partial charge in [0.15, 0.2) is 0 Å². The summed E-state index contributed by atoms with van der Waals surface area (Å²) < 4.78 is 27.4. The Hall–Kier alpha value is -3.49. The Kier molecular flexibility index (Phi) is 5.58. The fourth-order valence-electron chi connectivity index (χ4n) is 3.25. The van der Waals surface area contributed by atoms with Crippen LogP contribution >= 0.6 is 0 Å². The first-order chi connectivity index (χ1) is 15.1. The molecule has 164 valence electrons. The highest BCUT2D eigenvalue weighted by molar-refractivity contribution is 7.89. The zero-order valence-electron chi connectivity index (χ0n) is 18.0. The molecule has 0 aliphatic rings. The minimum absolute atomic E-state index is 0.110. The van der Waals surface area contributed by atoms with Gasteiger partial charge in [0.05, 0.1) is 15.9 Å². The van der Waals surface area contributed by atoms with Crippen LogP contribution in [0.15, 0.2) is 77.7 Å². The van der Waals surface area contributed by atoms with E-state index in [9.17, 15) is 13.2 Å². The van der Waals surface area contributed by atoms with E-state index in [1.54, 1.807) is 32.9 Å². The molecule has 32 heavy (non-hydrogen) atoms. The average molecular weight is 449 g/mol. The van der Waals surface area contributed by atoms with Crippen LogP contribution in [0.5, 0.6) is 0 Å². The molecular formula is C24H24N4O3S. The molecular weight excluding hydrogens is 424 g/mol. The van der Waals surface area contributed by atoms with Crippen LogP contribution in [0.3, 0.4) is 0 Å². The van der Waals surface area contributed by atoms with Crippen molar-refractivity contribution in [3.63, 3.8) is 0 Å². The molecule has 3 aromatic carbocycles. The summed E-state index contributed by atoms with van der Waals surface area (Å²) in [6, 6.07) is 21.0. The number of nitrogens with zero attached hydrogens (tertiary/aromatic N) is 1. The zero-order valence-corrected chi connectivity index (χ0v) is 18.8. The fraction of sp³-hybridized carbons (Fsp3) is 0.167. The number of aromatic nitrogens is 2. The molecule has 8 heteroatoms. The van der Waals surface area contributed by atoms with Gasteiger partial charge in [0.25, 0.3) is 5.91 Å². The van der Waals surface area contributed by atoms with E-state index >= 15 is 0 Å². The highest BCUT2D eigenvalue weighted by atomic mass is 32.2. The van der Waals surface area contributed by atoms with Crippen molar-refractivity contribution in [2.75, 3.05) is 5.32 Å². The number of para-hydroxylation sites is 2. The summed E-state index contributed by atoms with van der Waals surface area (Å²) in [5.74, 6) is 0.430. The SMILES string of the molecule is CC(C)(C)NS(=O)(=O)c1ccc(C(=O)Nc2ccc(-c3nc4ccccc4[nH]3)cc2)cc1. The molecule has 1 heterocycles. The van der Waals surface area contributed by atoms with Gasteiger partial charge in [-0.1, -0.05) is 12.1 Å². The lowest BCUT2D eigenvalue weighted by molar-refractivity contribution is 0.102. The molecule has 0 aliphatic heterocycles. The van der Waals surface area contributed by atoms with Crippen molar-refractivity contribution < 1.29 is 13.2 Å². The predicted molar refractivity (Wildman–Crippen MR) is 126 cm³/mol. The lowest BCUT2D eigenvalue weighted by Gasteiger charge is -2.20.